The molecule has 6 nitrogen and oxygen atoms in total. The largest absolute Gasteiger partial charge is 0.497 e. The van der Waals surface area contributed by atoms with Crippen LogP contribution in [-0.2, 0) is 11.2 Å². The summed E-state index contributed by atoms with van der Waals surface area (Å²) in [5.41, 5.74) is 1.11. The lowest BCUT2D eigenvalue weighted by Crippen LogP contribution is -2.31. The van der Waals surface area contributed by atoms with Crippen LogP contribution in [0.1, 0.15) is 18.4 Å². The minimum Gasteiger partial charge on any atom is -0.497 e. The average molecular weight is 462 g/mol. The van der Waals surface area contributed by atoms with E-state index >= 15 is 0 Å². The second-order valence-corrected chi connectivity index (χ2v) is 7.52. The van der Waals surface area contributed by atoms with Crippen molar-refractivity contribution in [1.82, 2.24) is 10.3 Å². The molecule has 0 aliphatic heterocycles. The number of rotatable bonds is 12. The van der Waals surface area contributed by atoms with Crippen molar-refractivity contribution in [3.05, 3.63) is 65.6 Å². The van der Waals surface area contributed by atoms with E-state index in [1.165, 1.54) is 13.3 Å². The topological polar surface area (TPSA) is 80.7 Å². The second kappa shape index (κ2) is 11.5. The van der Waals surface area contributed by atoms with E-state index in [1.807, 2.05) is 0 Å². The molecule has 0 aliphatic carbocycles. The molecule has 0 spiro atoms. The van der Waals surface area contributed by atoms with Gasteiger partial charge >= 0.3 is 5.97 Å². The lowest BCUT2D eigenvalue weighted by molar-refractivity contribution is -0.141. The van der Waals surface area contributed by atoms with Crippen LogP contribution >= 0.6 is 0 Å². The molecule has 2 N–H and O–H groups in total. The molecule has 0 saturated carbocycles. The third kappa shape index (κ3) is 6.58. The van der Waals surface area contributed by atoms with Crippen LogP contribution in [0.15, 0.2) is 42.6 Å². The van der Waals surface area contributed by atoms with Gasteiger partial charge in [0.05, 0.1) is 24.7 Å². The van der Waals surface area contributed by atoms with Crippen molar-refractivity contribution in [3.63, 3.8) is 0 Å². The van der Waals surface area contributed by atoms with E-state index in [4.69, 9.17) is 9.47 Å². The highest BCUT2D eigenvalue weighted by molar-refractivity contribution is 5.83. The number of aryl methyl sites for hydroxylation is 1. The van der Waals surface area contributed by atoms with Crippen LogP contribution in [-0.4, -0.2) is 42.9 Å². The highest BCUT2D eigenvalue weighted by atomic mass is 19.1. The van der Waals surface area contributed by atoms with E-state index in [-0.39, 0.29) is 25.4 Å². The normalized spacial score (nSPS) is 12.0. The van der Waals surface area contributed by atoms with Crippen molar-refractivity contribution >= 4 is 16.9 Å². The third-order valence-corrected chi connectivity index (χ3v) is 5.28. The van der Waals surface area contributed by atoms with Crippen LogP contribution in [0.25, 0.3) is 10.9 Å². The molecule has 3 rings (SSSR count). The molecule has 3 aromatic rings. The molecule has 2 aromatic carbocycles. The van der Waals surface area contributed by atoms with Gasteiger partial charge < -0.3 is 19.9 Å². The zero-order valence-corrected chi connectivity index (χ0v) is 18.1. The molecular formula is C24H25F3N2O4. The van der Waals surface area contributed by atoms with Crippen LogP contribution in [0.2, 0.25) is 0 Å². The van der Waals surface area contributed by atoms with Crippen LogP contribution in [0.5, 0.6) is 11.5 Å². The highest BCUT2D eigenvalue weighted by Gasteiger charge is 2.18. The Balaban J connectivity index is 1.50. The van der Waals surface area contributed by atoms with Crippen LogP contribution in [0, 0.1) is 23.4 Å². The number of hydrogen-bond acceptors (Lipinski definition) is 5. The summed E-state index contributed by atoms with van der Waals surface area (Å²) in [4.78, 5) is 15.7. The van der Waals surface area contributed by atoms with E-state index in [2.05, 4.69) is 10.3 Å². The molecule has 0 saturated heterocycles. The molecule has 0 unspecified atom stereocenters. The lowest BCUT2D eigenvalue weighted by atomic mass is 9.97. The number of carboxylic acids is 1. The smallest absolute Gasteiger partial charge is 0.307 e. The Bertz CT molecular complexity index is 1110. The van der Waals surface area contributed by atoms with Gasteiger partial charge in [-0.25, -0.2) is 13.2 Å². The number of aliphatic carboxylic acids is 1. The molecule has 1 aromatic heterocycles. The number of nitrogens with zero attached hydrogens (tertiary/aromatic N) is 1. The fourth-order valence-corrected chi connectivity index (χ4v) is 3.52. The molecule has 0 fully saturated rings. The standard InChI is InChI=1S/C24H25F3N2O4/c1-32-17-6-8-22-19(12-17)18(21(27)14-29-22)4-2-3-15(24(30)31)13-28-9-10-33-23-11-16(25)5-7-20(23)26/h5-8,11-12,14-15,28H,2-4,9-10,13H2,1H3,(H,30,31)/t15-/m0/s1. The predicted molar refractivity (Wildman–Crippen MR) is 117 cm³/mol. The van der Waals surface area contributed by atoms with Crippen LogP contribution in [0.4, 0.5) is 13.2 Å². The maximum atomic E-state index is 14.4. The molecule has 0 amide bonds. The van der Waals surface area contributed by atoms with E-state index in [9.17, 15) is 23.1 Å². The van der Waals surface area contributed by atoms with Gasteiger partial charge in [-0.2, -0.15) is 0 Å². The summed E-state index contributed by atoms with van der Waals surface area (Å²) in [6, 6.07) is 8.14. The average Bonchev–Trinajstić information content (AvgIpc) is 2.80. The summed E-state index contributed by atoms with van der Waals surface area (Å²) < 4.78 is 51.5. The summed E-state index contributed by atoms with van der Waals surface area (Å²) >= 11 is 0. The SMILES string of the molecule is COc1ccc2ncc(F)c(CCC[C@@H](CNCCOc3cc(F)ccc3F)C(=O)O)c2c1. The zero-order valence-electron chi connectivity index (χ0n) is 18.1. The van der Waals surface area contributed by atoms with Crippen LogP contribution < -0.4 is 14.8 Å². The number of nitrogens with one attached hydrogen (secondary N) is 1. The summed E-state index contributed by atoms with van der Waals surface area (Å²) in [6.07, 6.45) is 2.30. The first-order valence-electron chi connectivity index (χ1n) is 10.5. The zero-order chi connectivity index (χ0) is 23.8. The van der Waals surface area contributed by atoms with E-state index in [1.54, 1.807) is 18.2 Å². The monoisotopic (exact) mass is 462 g/mol. The Hall–Kier alpha value is -3.33. The number of benzene rings is 2. The first-order valence-corrected chi connectivity index (χ1v) is 10.5. The number of carboxylic acid groups (broad SMARTS) is 1. The lowest BCUT2D eigenvalue weighted by Gasteiger charge is -2.15. The highest BCUT2D eigenvalue weighted by Crippen LogP contribution is 2.26. The number of aromatic nitrogens is 1. The Morgan fingerprint density at radius 3 is 2.73 bits per heavy atom. The third-order valence-electron chi connectivity index (χ3n) is 5.28. The summed E-state index contributed by atoms with van der Waals surface area (Å²) in [6.45, 7) is 0.462. The predicted octanol–water partition coefficient (Wildman–Crippen LogP) is 4.35. The maximum absolute atomic E-state index is 14.4. The molecular weight excluding hydrogens is 437 g/mol. The molecule has 0 bridgehead atoms. The number of pyridine rings is 1. The first kappa shape index (κ1) is 24.3. The van der Waals surface area contributed by atoms with Gasteiger partial charge in [0, 0.05) is 24.5 Å². The van der Waals surface area contributed by atoms with E-state index in [0.717, 1.165) is 18.2 Å². The van der Waals surface area contributed by atoms with Gasteiger partial charge in [-0.3, -0.25) is 9.78 Å². The number of ether oxygens (including phenoxy) is 2. The molecule has 1 atom stereocenters. The quantitative estimate of drug-likeness (QED) is 0.390. The maximum Gasteiger partial charge on any atom is 0.307 e. The molecule has 9 heteroatoms. The Morgan fingerprint density at radius 2 is 1.97 bits per heavy atom. The molecule has 1 heterocycles. The molecule has 0 aliphatic rings. The van der Waals surface area contributed by atoms with Crippen molar-refractivity contribution in [1.29, 1.82) is 0 Å². The van der Waals surface area contributed by atoms with Gasteiger partial charge in [0.1, 0.15) is 24.0 Å². The summed E-state index contributed by atoms with van der Waals surface area (Å²) in [7, 11) is 1.53. The first-order chi connectivity index (χ1) is 15.9. The van der Waals surface area contributed by atoms with Gasteiger partial charge in [-0.15, -0.1) is 0 Å². The van der Waals surface area contributed by atoms with Crippen LogP contribution in [0.3, 0.4) is 0 Å². The Morgan fingerprint density at radius 1 is 1.15 bits per heavy atom. The number of methoxy groups -OCH3 is 1. The molecule has 33 heavy (non-hydrogen) atoms. The van der Waals surface area contributed by atoms with Gasteiger partial charge in [0.25, 0.3) is 0 Å². The minimum absolute atomic E-state index is 0.0444. The number of fused-ring (bicyclic) bond motifs is 1. The molecule has 0 radical (unpaired) electrons. The summed E-state index contributed by atoms with van der Waals surface area (Å²) in [5.74, 6) is -3.00. The van der Waals surface area contributed by atoms with Crippen molar-refractivity contribution in [3.8, 4) is 11.5 Å². The van der Waals surface area contributed by atoms with Crippen molar-refractivity contribution in [2.75, 3.05) is 26.8 Å². The van der Waals surface area contributed by atoms with Gasteiger partial charge in [-0.1, -0.05) is 0 Å². The number of hydrogen-bond donors (Lipinski definition) is 2. The van der Waals surface area contributed by atoms with Crippen molar-refractivity contribution in [2.45, 2.75) is 19.3 Å². The van der Waals surface area contributed by atoms with E-state index < -0.39 is 29.3 Å². The second-order valence-electron chi connectivity index (χ2n) is 7.52. The van der Waals surface area contributed by atoms with Gasteiger partial charge in [0.2, 0.25) is 0 Å². The number of carbonyl (C=O) groups is 1. The fraction of sp³-hybridized carbons (Fsp3) is 0.333. The van der Waals surface area contributed by atoms with Crippen molar-refractivity contribution in [2.24, 2.45) is 5.92 Å². The summed E-state index contributed by atoms with van der Waals surface area (Å²) in [5, 5.41) is 13.1. The Labute approximate surface area is 189 Å². The Kier molecular flexibility index (Phi) is 8.48. The number of halogens is 3. The van der Waals surface area contributed by atoms with Gasteiger partial charge in [0.15, 0.2) is 11.6 Å². The fourth-order valence-electron chi connectivity index (χ4n) is 3.52. The van der Waals surface area contributed by atoms with E-state index in [0.29, 0.717) is 41.5 Å². The molecule has 176 valence electrons. The van der Waals surface area contributed by atoms with Gasteiger partial charge in [-0.05, 0) is 55.2 Å². The van der Waals surface area contributed by atoms with Crippen molar-refractivity contribution < 1.29 is 32.5 Å². The minimum atomic E-state index is -0.971.